The first-order chi connectivity index (χ1) is 17.8. The fourth-order valence-corrected chi connectivity index (χ4v) is 5.28. The number of fused-ring (bicyclic) bond motifs is 3. The molecule has 0 saturated carbocycles. The Morgan fingerprint density at radius 1 is 0.973 bits per heavy atom. The predicted molar refractivity (Wildman–Crippen MR) is 135 cm³/mol. The average Bonchev–Trinajstić information content (AvgIpc) is 3.26. The van der Waals surface area contributed by atoms with E-state index < -0.39 is 17.9 Å². The molecule has 1 aromatic carbocycles. The van der Waals surface area contributed by atoms with E-state index >= 15 is 0 Å². The van der Waals surface area contributed by atoms with Crippen molar-refractivity contribution in [2.24, 2.45) is 0 Å². The fourth-order valence-electron chi connectivity index (χ4n) is 5.11. The molecule has 0 radical (unpaired) electrons. The van der Waals surface area contributed by atoms with Crippen molar-refractivity contribution in [1.82, 2.24) is 29.8 Å². The molecule has 0 spiro atoms. The lowest BCUT2D eigenvalue weighted by molar-refractivity contribution is -0.141. The van der Waals surface area contributed by atoms with Crippen LogP contribution in [0.1, 0.15) is 28.6 Å². The summed E-state index contributed by atoms with van der Waals surface area (Å²) in [5.74, 6) is 0.642. The van der Waals surface area contributed by atoms with Crippen molar-refractivity contribution < 1.29 is 13.2 Å². The Morgan fingerprint density at radius 2 is 1.73 bits per heavy atom. The molecule has 4 aromatic rings. The zero-order valence-corrected chi connectivity index (χ0v) is 20.8. The van der Waals surface area contributed by atoms with Crippen molar-refractivity contribution in [3.63, 3.8) is 0 Å². The SMILES string of the molecule is CN1CCN(c2ncc(C3c4[nH]c5ccc(Cl)cc5c4CCN3c3nccc(C(F)(F)F)n3)cn2)CC1. The molecule has 37 heavy (non-hydrogen) atoms. The van der Waals surface area contributed by atoms with Gasteiger partial charge in [-0.2, -0.15) is 13.2 Å². The molecule has 12 heteroatoms. The number of nitrogens with one attached hydrogen (secondary N) is 1. The molecular formula is C25H24ClF3N8. The van der Waals surface area contributed by atoms with E-state index in [4.69, 9.17) is 11.6 Å². The number of alkyl halides is 3. The Bertz CT molecular complexity index is 1430. The van der Waals surface area contributed by atoms with Gasteiger partial charge in [0, 0.05) is 78.5 Å². The molecule has 5 heterocycles. The number of hydrogen-bond acceptors (Lipinski definition) is 7. The average molecular weight is 529 g/mol. The number of aromatic amines is 1. The standard InChI is InChI=1S/C25H24ClF3N8/c1-35-8-10-36(11-9-35)23-31-13-15(14-32-23)22-21-17(18-12-16(26)2-3-19(18)33-21)5-7-37(22)24-30-6-4-20(34-24)25(27,28)29/h2-4,6,12-14,22,33H,5,7-11H2,1H3. The second-order valence-corrected chi connectivity index (χ2v) is 9.84. The maximum Gasteiger partial charge on any atom is 0.433 e. The third-order valence-corrected chi connectivity index (χ3v) is 7.27. The topological polar surface area (TPSA) is 77.1 Å². The minimum Gasteiger partial charge on any atom is -0.356 e. The summed E-state index contributed by atoms with van der Waals surface area (Å²) in [4.78, 5) is 27.0. The van der Waals surface area contributed by atoms with Crippen LogP contribution in [0, 0.1) is 0 Å². The molecule has 1 fully saturated rings. The summed E-state index contributed by atoms with van der Waals surface area (Å²) in [7, 11) is 2.08. The van der Waals surface area contributed by atoms with Crippen LogP contribution in [0.4, 0.5) is 25.1 Å². The van der Waals surface area contributed by atoms with Gasteiger partial charge in [-0.05, 0) is 43.3 Å². The van der Waals surface area contributed by atoms with Crippen LogP contribution >= 0.6 is 11.6 Å². The van der Waals surface area contributed by atoms with E-state index in [1.54, 1.807) is 17.3 Å². The minimum absolute atomic E-state index is 0.00491. The number of halogens is 4. The van der Waals surface area contributed by atoms with E-state index in [0.717, 1.165) is 66.2 Å². The lowest BCUT2D eigenvalue weighted by atomic mass is 9.94. The van der Waals surface area contributed by atoms with Crippen LogP contribution in [0.5, 0.6) is 0 Å². The Balaban J connectivity index is 1.43. The molecule has 0 bridgehead atoms. The highest BCUT2D eigenvalue weighted by Crippen LogP contribution is 2.40. The molecule has 2 aliphatic heterocycles. The van der Waals surface area contributed by atoms with Gasteiger partial charge in [-0.1, -0.05) is 11.6 Å². The number of nitrogens with zero attached hydrogens (tertiary/aromatic N) is 7. The number of hydrogen-bond donors (Lipinski definition) is 1. The first-order valence-corrected chi connectivity index (χ1v) is 12.4. The first-order valence-electron chi connectivity index (χ1n) is 12.0. The van der Waals surface area contributed by atoms with Crippen LogP contribution in [-0.2, 0) is 12.6 Å². The van der Waals surface area contributed by atoms with Crippen molar-refractivity contribution in [3.8, 4) is 0 Å². The number of likely N-dealkylation sites (N-methyl/N-ethyl adjacent to an activating group) is 1. The number of aromatic nitrogens is 5. The normalized spacial score (nSPS) is 18.9. The summed E-state index contributed by atoms with van der Waals surface area (Å²) in [6, 6.07) is 6.01. The van der Waals surface area contributed by atoms with Gasteiger partial charge in [0.1, 0.15) is 11.7 Å². The van der Waals surface area contributed by atoms with Crippen LogP contribution < -0.4 is 9.80 Å². The van der Waals surface area contributed by atoms with Crippen LogP contribution in [0.2, 0.25) is 5.02 Å². The van der Waals surface area contributed by atoms with Gasteiger partial charge in [-0.15, -0.1) is 0 Å². The van der Waals surface area contributed by atoms with Crippen LogP contribution in [0.3, 0.4) is 0 Å². The molecular weight excluding hydrogens is 505 g/mol. The third kappa shape index (κ3) is 4.46. The summed E-state index contributed by atoms with van der Waals surface area (Å²) in [5, 5.41) is 1.61. The maximum atomic E-state index is 13.5. The summed E-state index contributed by atoms with van der Waals surface area (Å²) in [6.45, 7) is 3.93. The van der Waals surface area contributed by atoms with E-state index in [-0.39, 0.29) is 5.95 Å². The largest absolute Gasteiger partial charge is 0.433 e. The van der Waals surface area contributed by atoms with Crippen molar-refractivity contribution in [1.29, 1.82) is 0 Å². The quantitative estimate of drug-likeness (QED) is 0.424. The van der Waals surface area contributed by atoms with Gasteiger partial charge in [0.2, 0.25) is 11.9 Å². The van der Waals surface area contributed by atoms with Crippen molar-refractivity contribution in [2.75, 3.05) is 49.6 Å². The monoisotopic (exact) mass is 528 g/mol. The summed E-state index contributed by atoms with van der Waals surface area (Å²) < 4.78 is 40.4. The highest BCUT2D eigenvalue weighted by molar-refractivity contribution is 6.31. The van der Waals surface area contributed by atoms with Gasteiger partial charge in [-0.25, -0.2) is 19.9 Å². The predicted octanol–water partition coefficient (Wildman–Crippen LogP) is 4.32. The number of rotatable bonds is 3. The minimum atomic E-state index is -4.57. The highest BCUT2D eigenvalue weighted by Gasteiger charge is 2.37. The second kappa shape index (κ2) is 9.14. The summed E-state index contributed by atoms with van der Waals surface area (Å²) in [5.41, 5.74) is 2.57. The third-order valence-electron chi connectivity index (χ3n) is 7.04. The molecule has 1 N–H and O–H groups in total. The lowest BCUT2D eigenvalue weighted by Crippen LogP contribution is -2.45. The Hall–Kier alpha value is -3.44. The van der Waals surface area contributed by atoms with Crippen LogP contribution in [0.15, 0.2) is 42.9 Å². The van der Waals surface area contributed by atoms with Crippen LogP contribution in [0.25, 0.3) is 10.9 Å². The van der Waals surface area contributed by atoms with E-state index in [1.165, 1.54) is 0 Å². The molecule has 3 aromatic heterocycles. The van der Waals surface area contributed by atoms with Gasteiger partial charge in [-0.3, -0.25) is 0 Å². The van der Waals surface area contributed by atoms with Gasteiger partial charge < -0.3 is 19.7 Å². The maximum absolute atomic E-state index is 13.5. The zero-order chi connectivity index (χ0) is 25.7. The van der Waals surface area contributed by atoms with Crippen molar-refractivity contribution in [3.05, 3.63) is 70.4 Å². The van der Waals surface area contributed by atoms with E-state index in [0.29, 0.717) is 23.9 Å². The second-order valence-electron chi connectivity index (χ2n) is 9.40. The van der Waals surface area contributed by atoms with Crippen molar-refractivity contribution >= 4 is 34.4 Å². The first kappa shape index (κ1) is 23.9. The van der Waals surface area contributed by atoms with Gasteiger partial charge >= 0.3 is 6.18 Å². The number of piperazine rings is 1. The van der Waals surface area contributed by atoms with Gasteiger partial charge in [0.15, 0.2) is 0 Å². The van der Waals surface area contributed by atoms with E-state index in [2.05, 4.69) is 41.8 Å². The molecule has 0 amide bonds. The number of H-pyrrole nitrogens is 1. The van der Waals surface area contributed by atoms with E-state index in [9.17, 15) is 13.2 Å². The van der Waals surface area contributed by atoms with Crippen molar-refractivity contribution in [2.45, 2.75) is 18.6 Å². The van der Waals surface area contributed by atoms with Gasteiger partial charge in [0.25, 0.3) is 0 Å². The molecule has 8 nitrogen and oxygen atoms in total. The lowest BCUT2D eigenvalue weighted by Gasteiger charge is -2.36. The molecule has 1 atom stereocenters. The number of benzene rings is 1. The molecule has 192 valence electrons. The Morgan fingerprint density at radius 3 is 2.46 bits per heavy atom. The molecule has 6 rings (SSSR count). The molecule has 1 saturated heterocycles. The smallest absolute Gasteiger partial charge is 0.356 e. The zero-order valence-electron chi connectivity index (χ0n) is 20.0. The number of anilines is 2. The Labute approximate surface area is 216 Å². The fraction of sp³-hybridized carbons (Fsp3) is 0.360. The summed E-state index contributed by atoms with van der Waals surface area (Å²) in [6.07, 6.45) is 0.667. The van der Waals surface area contributed by atoms with Gasteiger partial charge in [0.05, 0.1) is 0 Å². The van der Waals surface area contributed by atoms with Crippen LogP contribution in [-0.4, -0.2) is 69.6 Å². The molecule has 1 unspecified atom stereocenters. The highest BCUT2D eigenvalue weighted by atomic mass is 35.5. The Kier molecular flexibility index (Phi) is 5.91. The van der Waals surface area contributed by atoms with E-state index in [1.807, 2.05) is 18.2 Å². The summed E-state index contributed by atoms with van der Waals surface area (Å²) >= 11 is 6.28. The molecule has 2 aliphatic rings. The molecule has 0 aliphatic carbocycles.